The van der Waals surface area contributed by atoms with E-state index in [0.29, 0.717) is 12.8 Å². The van der Waals surface area contributed by atoms with Crippen molar-refractivity contribution in [2.45, 2.75) is 167 Å². The van der Waals surface area contributed by atoms with Crippen molar-refractivity contribution in [1.82, 2.24) is 0 Å². The Balaban J connectivity index is 4.62. The zero-order valence-electron chi connectivity index (χ0n) is 24.0. The fraction of sp³-hybridized carbons (Fsp3) is 0.931. The molecule has 9 nitrogen and oxygen atoms in total. The molecule has 0 saturated carbocycles. The van der Waals surface area contributed by atoms with Crippen molar-refractivity contribution in [2.75, 3.05) is 6.61 Å². The molecule has 9 heteroatoms. The molecule has 0 spiro atoms. The lowest BCUT2D eigenvalue weighted by Gasteiger charge is -2.34. The molecule has 38 heavy (non-hydrogen) atoms. The van der Waals surface area contributed by atoms with E-state index in [4.69, 9.17) is 14.6 Å². The lowest BCUT2D eigenvalue weighted by molar-refractivity contribution is -0.374. The molecule has 5 N–H and O–H groups in total. The molecule has 0 saturated heterocycles. The summed E-state index contributed by atoms with van der Waals surface area (Å²) in [5, 5.41) is 49.9. The van der Waals surface area contributed by atoms with Gasteiger partial charge in [-0.1, -0.05) is 117 Å². The first kappa shape index (κ1) is 36.7. The third-order valence-electron chi connectivity index (χ3n) is 6.77. The van der Waals surface area contributed by atoms with Crippen LogP contribution in [0, 0.1) is 0 Å². The molecule has 0 aliphatic rings. The molecular weight excluding hydrogens is 492 g/mol. The minimum absolute atomic E-state index is 0.0701. The normalized spacial score (nSPS) is 14.2. The van der Waals surface area contributed by atoms with E-state index in [9.17, 15) is 30.0 Å². The lowest BCUT2D eigenvalue weighted by atomic mass is 10.1. The van der Waals surface area contributed by atoms with Crippen LogP contribution < -0.4 is 0 Å². The quantitative estimate of drug-likeness (QED) is 0.0591. The van der Waals surface area contributed by atoms with Crippen LogP contribution in [0.15, 0.2) is 0 Å². The Hall–Kier alpha value is -1.26. The number of hydrogen-bond donors (Lipinski definition) is 5. The molecule has 0 aliphatic carbocycles. The summed E-state index contributed by atoms with van der Waals surface area (Å²) < 4.78 is 9.84. The molecule has 226 valence electrons. The standard InChI is InChI=1S/C29H56O9/c1-3-5-7-9-11-13-15-17-19-21-25(32)37-29(36,28(35)27(34)24(31)23-30)38-26(33)22-20-18-16-14-12-10-8-6-4-2/h24,27-28,30-31,34-36H,3-23H2,1-2H3/t24-,27-,28+/m1/s1. The summed E-state index contributed by atoms with van der Waals surface area (Å²) in [5.74, 6) is -4.99. The number of esters is 2. The summed E-state index contributed by atoms with van der Waals surface area (Å²) in [6.07, 6.45) is 12.2. The van der Waals surface area contributed by atoms with E-state index in [-0.39, 0.29) is 12.8 Å². The van der Waals surface area contributed by atoms with Gasteiger partial charge in [0.05, 0.1) is 6.61 Å². The summed E-state index contributed by atoms with van der Waals surface area (Å²) in [7, 11) is 0. The van der Waals surface area contributed by atoms with E-state index in [1.807, 2.05) is 0 Å². The molecule has 0 aromatic heterocycles. The van der Waals surface area contributed by atoms with Gasteiger partial charge in [0.2, 0.25) is 0 Å². The molecule has 3 atom stereocenters. The molecule has 0 aromatic carbocycles. The molecule has 0 heterocycles. The van der Waals surface area contributed by atoms with Gasteiger partial charge in [-0.2, -0.15) is 0 Å². The monoisotopic (exact) mass is 548 g/mol. The first-order valence-electron chi connectivity index (χ1n) is 15.0. The number of ether oxygens (including phenoxy) is 2. The summed E-state index contributed by atoms with van der Waals surface area (Å²) >= 11 is 0. The summed E-state index contributed by atoms with van der Waals surface area (Å²) in [6, 6.07) is 0. The second kappa shape index (κ2) is 23.6. The topological polar surface area (TPSA) is 154 Å². The van der Waals surface area contributed by atoms with Crippen LogP contribution in [0.1, 0.15) is 142 Å². The Morgan fingerprint density at radius 1 is 0.605 bits per heavy atom. The molecule has 0 rings (SSSR count). The van der Waals surface area contributed by atoms with Crippen LogP contribution in [0.2, 0.25) is 0 Å². The van der Waals surface area contributed by atoms with Crippen molar-refractivity contribution in [3.05, 3.63) is 0 Å². The number of unbranched alkanes of at least 4 members (excludes halogenated alkanes) is 16. The largest absolute Gasteiger partial charge is 0.403 e. The van der Waals surface area contributed by atoms with Gasteiger partial charge in [0, 0.05) is 12.8 Å². The molecule has 0 aliphatic heterocycles. The van der Waals surface area contributed by atoms with Gasteiger partial charge in [-0.15, -0.1) is 0 Å². The molecule has 0 unspecified atom stereocenters. The van der Waals surface area contributed by atoms with Gasteiger partial charge in [0.25, 0.3) is 0 Å². The van der Waals surface area contributed by atoms with Gasteiger partial charge in [-0.3, -0.25) is 9.59 Å². The van der Waals surface area contributed by atoms with Crippen molar-refractivity contribution < 1.29 is 44.6 Å². The zero-order valence-corrected chi connectivity index (χ0v) is 24.0. The first-order valence-corrected chi connectivity index (χ1v) is 15.0. The highest BCUT2D eigenvalue weighted by molar-refractivity contribution is 5.71. The number of rotatable bonds is 26. The Labute approximate surface area is 229 Å². The van der Waals surface area contributed by atoms with Crippen LogP contribution in [0.4, 0.5) is 0 Å². The Bertz CT molecular complexity index is 548. The van der Waals surface area contributed by atoms with Crippen LogP contribution in [0.5, 0.6) is 0 Å². The van der Waals surface area contributed by atoms with E-state index in [1.165, 1.54) is 51.4 Å². The van der Waals surface area contributed by atoms with Crippen molar-refractivity contribution >= 4 is 11.9 Å². The molecule has 0 radical (unpaired) electrons. The zero-order chi connectivity index (χ0) is 28.7. The number of aliphatic hydroxyl groups is 5. The summed E-state index contributed by atoms with van der Waals surface area (Å²) in [4.78, 5) is 24.7. The van der Waals surface area contributed by atoms with Gasteiger partial charge in [-0.25, -0.2) is 0 Å². The minimum Gasteiger partial charge on any atom is -0.396 e. The van der Waals surface area contributed by atoms with E-state index in [1.54, 1.807) is 0 Å². The van der Waals surface area contributed by atoms with E-state index in [0.717, 1.165) is 51.4 Å². The van der Waals surface area contributed by atoms with Crippen LogP contribution in [0.25, 0.3) is 0 Å². The van der Waals surface area contributed by atoms with Gasteiger partial charge >= 0.3 is 17.9 Å². The Morgan fingerprint density at radius 2 is 0.921 bits per heavy atom. The highest BCUT2D eigenvalue weighted by atomic mass is 16.8. The van der Waals surface area contributed by atoms with Gasteiger partial charge in [0.1, 0.15) is 12.2 Å². The third kappa shape index (κ3) is 18.1. The van der Waals surface area contributed by atoms with Crippen LogP contribution in [-0.2, 0) is 19.1 Å². The average Bonchev–Trinajstić information content (AvgIpc) is 2.89. The third-order valence-corrected chi connectivity index (χ3v) is 6.77. The predicted octanol–water partition coefficient (Wildman–Crippen LogP) is 4.64. The highest BCUT2D eigenvalue weighted by Crippen LogP contribution is 2.23. The predicted molar refractivity (Wildman–Crippen MR) is 146 cm³/mol. The SMILES string of the molecule is CCCCCCCCCCCC(=O)OC(O)(OC(=O)CCCCCCCCCCC)[C@@H](O)[C@H](O)[C@H](O)CO. The van der Waals surface area contributed by atoms with Crippen LogP contribution in [0.3, 0.4) is 0 Å². The number of hydrogen-bond acceptors (Lipinski definition) is 9. The maximum absolute atomic E-state index is 12.4. The highest BCUT2D eigenvalue weighted by Gasteiger charge is 2.50. The fourth-order valence-electron chi connectivity index (χ4n) is 4.26. The second-order valence-electron chi connectivity index (χ2n) is 10.4. The van der Waals surface area contributed by atoms with E-state index >= 15 is 0 Å². The van der Waals surface area contributed by atoms with Crippen molar-refractivity contribution in [1.29, 1.82) is 0 Å². The summed E-state index contributed by atoms with van der Waals surface area (Å²) in [5.41, 5.74) is 0. The minimum atomic E-state index is -3.18. The van der Waals surface area contributed by atoms with Crippen molar-refractivity contribution in [3.63, 3.8) is 0 Å². The van der Waals surface area contributed by atoms with E-state index < -0.39 is 42.8 Å². The average molecular weight is 549 g/mol. The van der Waals surface area contributed by atoms with Crippen LogP contribution >= 0.6 is 0 Å². The van der Waals surface area contributed by atoms with Crippen LogP contribution in [-0.4, -0.2) is 68.4 Å². The smallest absolute Gasteiger partial charge is 0.396 e. The number of carbonyl (C=O) groups excluding carboxylic acids is 2. The second-order valence-corrected chi connectivity index (χ2v) is 10.4. The van der Waals surface area contributed by atoms with Gasteiger partial charge < -0.3 is 35.0 Å². The maximum Gasteiger partial charge on any atom is 0.403 e. The van der Waals surface area contributed by atoms with Crippen molar-refractivity contribution in [3.8, 4) is 0 Å². The fourth-order valence-corrected chi connectivity index (χ4v) is 4.26. The first-order chi connectivity index (χ1) is 18.2. The lowest BCUT2D eigenvalue weighted by Crippen LogP contribution is -2.58. The number of aliphatic hydroxyl groups excluding tert-OH is 4. The van der Waals surface area contributed by atoms with Gasteiger partial charge in [0.15, 0.2) is 6.10 Å². The molecule has 0 aromatic rings. The summed E-state index contributed by atoms with van der Waals surface area (Å²) in [6.45, 7) is 3.42. The Morgan fingerprint density at radius 3 is 1.24 bits per heavy atom. The molecule has 0 bridgehead atoms. The van der Waals surface area contributed by atoms with E-state index in [2.05, 4.69) is 13.8 Å². The molecular formula is C29H56O9. The number of carbonyl (C=O) groups is 2. The van der Waals surface area contributed by atoms with Gasteiger partial charge in [-0.05, 0) is 12.8 Å². The molecule has 0 amide bonds. The maximum atomic E-state index is 12.4. The van der Waals surface area contributed by atoms with Crippen molar-refractivity contribution in [2.24, 2.45) is 0 Å². The Kier molecular flexibility index (Phi) is 22.8. The molecule has 0 fully saturated rings.